The van der Waals surface area contributed by atoms with Gasteiger partial charge in [0.15, 0.2) is 11.0 Å². The number of aromatic nitrogens is 3. The fraction of sp³-hybridized carbons (Fsp3) is 0.591. The van der Waals surface area contributed by atoms with Gasteiger partial charge in [-0.25, -0.2) is 15.0 Å². The number of likely N-dealkylation sites (N-methyl/N-ethyl adjacent to an activating group) is 1. The number of hydrogen-bond donors (Lipinski definition) is 0. The molecule has 1 saturated heterocycles. The Morgan fingerprint density at radius 1 is 1.00 bits per heavy atom. The Morgan fingerprint density at radius 3 is 2.52 bits per heavy atom. The molecule has 0 atom stereocenters. The Labute approximate surface area is 180 Å². The Bertz CT molecular complexity index is 1050. The molecule has 0 spiro atoms. The minimum Gasteiger partial charge on any atom is -0.353 e. The average Bonchev–Trinajstić information content (AvgIpc) is 3.37. The zero-order chi connectivity index (χ0) is 20.0. The molecule has 1 aliphatic heterocycles. The maximum Gasteiger partial charge on any atom is 0.189 e. The summed E-state index contributed by atoms with van der Waals surface area (Å²) >= 11 is 3.46. The second-order valence-corrected chi connectivity index (χ2v) is 9.81. The summed E-state index contributed by atoms with van der Waals surface area (Å²) < 4.78 is 1.23. The van der Waals surface area contributed by atoms with Gasteiger partial charge in [0.1, 0.15) is 4.83 Å². The van der Waals surface area contributed by atoms with Crippen molar-refractivity contribution in [1.82, 2.24) is 19.9 Å². The van der Waals surface area contributed by atoms with Crippen molar-refractivity contribution in [2.24, 2.45) is 0 Å². The van der Waals surface area contributed by atoms with E-state index in [2.05, 4.69) is 29.9 Å². The zero-order valence-electron chi connectivity index (χ0n) is 17.6. The van der Waals surface area contributed by atoms with E-state index in [9.17, 15) is 0 Å². The fourth-order valence-corrected chi connectivity index (χ4v) is 6.38. The summed E-state index contributed by atoms with van der Waals surface area (Å²) in [5.41, 5.74) is 5.51. The standard InChI is InChI=1S/C22H29N5S2/c1-4-7-16-14-8-6-9-15(14)17-18-19(29-21(17)23-16)20(25-22(24-18)28-3)27-12-10-26(5-2)11-13-27/h4-13H2,1-3H3. The Hall–Kier alpha value is -1.44. The molecule has 3 aromatic heterocycles. The first-order chi connectivity index (χ1) is 14.2. The first-order valence-electron chi connectivity index (χ1n) is 10.9. The van der Waals surface area contributed by atoms with Crippen molar-refractivity contribution in [2.75, 3.05) is 43.9 Å². The van der Waals surface area contributed by atoms with Crippen molar-refractivity contribution in [3.8, 4) is 0 Å². The van der Waals surface area contributed by atoms with Gasteiger partial charge in [-0.15, -0.1) is 11.3 Å². The van der Waals surface area contributed by atoms with Gasteiger partial charge in [-0.05, 0) is 49.6 Å². The van der Waals surface area contributed by atoms with Gasteiger partial charge < -0.3 is 9.80 Å². The van der Waals surface area contributed by atoms with E-state index in [-0.39, 0.29) is 0 Å². The van der Waals surface area contributed by atoms with Crippen molar-refractivity contribution < 1.29 is 0 Å². The maximum absolute atomic E-state index is 5.16. The number of thioether (sulfide) groups is 1. The summed E-state index contributed by atoms with van der Waals surface area (Å²) in [7, 11) is 0. The van der Waals surface area contributed by atoms with Crippen LogP contribution in [0.4, 0.5) is 5.82 Å². The van der Waals surface area contributed by atoms with Crippen LogP contribution in [0.3, 0.4) is 0 Å². The Kier molecular flexibility index (Phi) is 5.39. The fourth-order valence-electron chi connectivity index (χ4n) is 4.84. The molecule has 7 heteroatoms. The third kappa shape index (κ3) is 3.31. The second-order valence-electron chi connectivity index (χ2n) is 8.03. The lowest BCUT2D eigenvalue weighted by atomic mass is 10.0. The lowest BCUT2D eigenvalue weighted by Gasteiger charge is -2.34. The maximum atomic E-state index is 5.16. The Morgan fingerprint density at radius 2 is 1.79 bits per heavy atom. The summed E-state index contributed by atoms with van der Waals surface area (Å²) in [6, 6.07) is 0. The third-order valence-electron chi connectivity index (χ3n) is 6.37. The van der Waals surface area contributed by atoms with Crippen LogP contribution in [0.1, 0.15) is 43.5 Å². The van der Waals surface area contributed by atoms with Gasteiger partial charge >= 0.3 is 0 Å². The van der Waals surface area contributed by atoms with E-state index in [1.165, 1.54) is 51.0 Å². The van der Waals surface area contributed by atoms with Crippen LogP contribution in [0, 0.1) is 0 Å². The third-order valence-corrected chi connectivity index (χ3v) is 7.99. The highest BCUT2D eigenvalue weighted by Gasteiger charge is 2.27. The number of hydrogen-bond acceptors (Lipinski definition) is 7. The van der Waals surface area contributed by atoms with Gasteiger partial charge in [0.2, 0.25) is 0 Å². The quantitative estimate of drug-likeness (QED) is 0.440. The monoisotopic (exact) mass is 427 g/mol. The summed E-state index contributed by atoms with van der Waals surface area (Å²) in [4.78, 5) is 21.3. The molecule has 0 saturated carbocycles. The normalized spacial score (nSPS) is 17.6. The molecule has 4 heterocycles. The van der Waals surface area contributed by atoms with Crippen molar-refractivity contribution in [3.05, 3.63) is 16.8 Å². The predicted molar refractivity (Wildman–Crippen MR) is 125 cm³/mol. The van der Waals surface area contributed by atoms with Crippen molar-refractivity contribution >= 4 is 49.3 Å². The molecule has 5 rings (SSSR count). The molecule has 5 nitrogen and oxygen atoms in total. The second kappa shape index (κ2) is 8.00. The highest BCUT2D eigenvalue weighted by molar-refractivity contribution is 7.98. The molecule has 1 aliphatic carbocycles. The minimum absolute atomic E-state index is 0.884. The number of aryl methyl sites for hydroxylation is 2. The summed E-state index contributed by atoms with van der Waals surface area (Å²) in [5, 5.41) is 2.21. The van der Waals surface area contributed by atoms with Crippen molar-refractivity contribution in [1.29, 1.82) is 0 Å². The number of anilines is 1. The number of fused-ring (bicyclic) bond motifs is 5. The van der Waals surface area contributed by atoms with Crippen LogP contribution < -0.4 is 4.90 Å². The lowest BCUT2D eigenvalue weighted by molar-refractivity contribution is 0.270. The first kappa shape index (κ1) is 19.5. The molecule has 2 aliphatic rings. The molecule has 0 unspecified atom stereocenters. The summed E-state index contributed by atoms with van der Waals surface area (Å²) in [6.07, 6.45) is 7.91. The molecule has 0 bridgehead atoms. The average molecular weight is 428 g/mol. The van der Waals surface area contributed by atoms with E-state index >= 15 is 0 Å². The molecule has 3 aromatic rings. The Balaban J connectivity index is 1.71. The topological polar surface area (TPSA) is 45.2 Å². The number of thiophene rings is 1. The van der Waals surface area contributed by atoms with Gasteiger partial charge in [0.25, 0.3) is 0 Å². The zero-order valence-corrected chi connectivity index (χ0v) is 19.3. The van der Waals surface area contributed by atoms with Crippen molar-refractivity contribution in [2.45, 2.75) is 51.1 Å². The highest BCUT2D eigenvalue weighted by Crippen LogP contribution is 2.43. The van der Waals surface area contributed by atoms with Crippen LogP contribution in [0.2, 0.25) is 0 Å². The van der Waals surface area contributed by atoms with Crippen LogP contribution in [0.25, 0.3) is 20.4 Å². The van der Waals surface area contributed by atoms with Crippen LogP contribution >= 0.6 is 23.1 Å². The molecule has 154 valence electrons. The lowest BCUT2D eigenvalue weighted by Crippen LogP contribution is -2.46. The van der Waals surface area contributed by atoms with Gasteiger partial charge in [0.05, 0.1) is 10.2 Å². The van der Waals surface area contributed by atoms with Crippen molar-refractivity contribution in [3.63, 3.8) is 0 Å². The molecule has 0 radical (unpaired) electrons. The summed E-state index contributed by atoms with van der Waals surface area (Å²) in [5.74, 6) is 1.13. The molecular formula is C22H29N5S2. The highest BCUT2D eigenvalue weighted by atomic mass is 32.2. The molecule has 0 amide bonds. The molecule has 0 aromatic carbocycles. The number of pyridine rings is 1. The van der Waals surface area contributed by atoms with Crippen LogP contribution in [-0.4, -0.2) is 58.8 Å². The number of rotatable bonds is 5. The van der Waals surface area contributed by atoms with Crippen LogP contribution in [-0.2, 0) is 19.3 Å². The van der Waals surface area contributed by atoms with Gasteiger partial charge in [-0.1, -0.05) is 32.0 Å². The summed E-state index contributed by atoms with van der Waals surface area (Å²) in [6.45, 7) is 9.91. The van der Waals surface area contributed by atoms with E-state index < -0.39 is 0 Å². The van der Waals surface area contributed by atoms with Crippen LogP contribution in [0.5, 0.6) is 0 Å². The molecular weight excluding hydrogens is 398 g/mol. The SMILES string of the molecule is CCCc1nc2sc3c(N4CCN(CC)CC4)nc(SC)nc3c2c2c1CCC2. The number of piperazine rings is 1. The van der Waals surface area contributed by atoms with E-state index in [0.717, 1.165) is 62.1 Å². The van der Waals surface area contributed by atoms with E-state index in [1.807, 2.05) is 11.3 Å². The van der Waals surface area contributed by atoms with E-state index in [1.54, 1.807) is 11.8 Å². The molecule has 1 fully saturated rings. The minimum atomic E-state index is 0.884. The van der Waals surface area contributed by atoms with Gasteiger partial charge in [0, 0.05) is 37.3 Å². The van der Waals surface area contributed by atoms with E-state index in [4.69, 9.17) is 15.0 Å². The van der Waals surface area contributed by atoms with Gasteiger partial charge in [-0.2, -0.15) is 0 Å². The largest absolute Gasteiger partial charge is 0.353 e. The smallest absolute Gasteiger partial charge is 0.189 e. The van der Waals surface area contributed by atoms with Gasteiger partial charge in [-0.3, -0.25) is 0 Å². The predicted octanol–water partition coefficient (Wildman–Crippen LogP) is 4.54. The molecule has 0 N–H and O–H groups in total. The van der Waals surface area contributed by atoms with Crippen LogP contribution in [0.15, 0.2) is 5.16 Å². The molecule has 29 heavy (non-hydrogen) atoms. The number of nitrogens with zero attached hydrogens (tertiary/aromatic N) is 5. The first-order valence-corrected chi connectivity index (χ1v) is 12.9. The van der Waals surface area contributed by atoms with E-state index in [0.29, 0.717) is 0 Å².